The van der Waals surface area contributed by atoms with Gasteiger partial charge in [-0.2, -0.15) is 0 Å². The maximum absolute atomic E-state index is 11.5. The normalized spacial score (nSPS) is 18.6. The van der Waals surface area contributed by atoms with E-state index in [1.807, 2.05) is 11.0 Å². The fourth-order valence-corrected chi connectivity index (χ4v) is 2.99. The van der Waals surface area contributed by atoms with Gasteiger partial charge in [-0.1, -0.05) is 0 Å². The van der Waals surface area contributed by atoms with Gasteiger partial charge in [0.1, 0.15) is 18.0 Å². The van der Waals surface area contributed by atoms with E-state index in [0.717, 1.165) is 63.6 Å². The molecule has 1 aromatic heterocycles. The van der Waals surface area contributed by atoms with E-state index in [2.05, 4.69) is 20.2 Å². The molecule has 1 N–H and O–H groups in total. The molecule has 0 spiro atoms. The van der Waals surface area contributed by atoms with Crippen molar-refractivity contribution in [2.24, 2.45) is 0 Å². The molecule has 1 amide bonds. The summed E-state index contributed by atoms with van der Waals surface area (Å²) in [5, 5.41) is 3.33. The molecule has 0 bridgehead atoms. The Kier molecular flexibility index (Phi) is 4.52. The van der Waals surface area contributed by atoms with E-state index in [9.17, 15) is 4.79 Å². The third-order valence-electron chi connectivity index (χ3n) is 4.17. The second-order valence-electron chi connectivity index (χ2n) is 5.72. The number of hydrogen-bond acceptors (Lipinski definition) is 5. The van der Waals surface area contributed by atoms with Crippen LogP contribution in [0.5, 0.6) is 0 Å². The molecule has 0 radical (unpaired) electrons. The number of amides is 1. The first-order valence-electron chi connectivity index (χ1n) is 7.91. The summed E-state index contributed by atoms with van der Waals surface area (Å²) in [4.78, 5) is 24.4. The molecule has 0 aliphatic carbocycles. The van der Waals surface area contributed by atoms with Crippen molar-refractivity contribution in [2.75, 3.05) is 42.9 Å². The first-order chi connectivity index (χ1) is 10.3. The van der Waals surface area contributed by atoms with Crippen molar-refractivity contribution in [1.82, 2.24) is 14.9 Å². The van der Waals surface area contributed by atoms with Crippen LogP contribution in [0.1, 0.15) is 32.1 Å². The Labute approximate surface area is 125 Å². The Morgan fingerprint density at radius 3 is 2.76 bits per heavy atom. The van der Waals surface area contributed by atoms with Gasteiger partial charge in [-0.05, 0) is 25.7 Å². The van der Waals surface area contributed by atoms with Crippen LogP contribution in [-0.4, -0.2) is 53.5 Å². The van der Waals surface area contributed by atoms with Crippen molar-refractivity contribution in [1.29, 1.82) is 0 Å². The molecule has 0 unspecified atom stereocenters. The molecule has 0 aromatic carbocycles. The molecule has 2 aliphatic heterocycles. The Bertz CT molecular complexity index is 487. The zero-order chi connectivity index (χ0) is 14.5. The molecule has 114 valence electrons. The molecule has 21 heavy (non-hydrogen) atoms. The highest BCUT2D eigenvalue weighted by Crippen LogP contribution is 2.19. The van der Waals surface area contributed by atoms with E-state index in [1.165, 1.54) is 12.8 Å². The Balaban J connectivity index is 1.44. The molecule has 6 heteroatoms. The van der Waals surface area contributed by atoms with Crippen LogP contribution >= 0.6 is 0 Å². The topological polar surface area (TPSA) is 61.4 Å². The average molecular weight is 289 g/mol. The minimum atomic E-state index is 0.299. The summed E-state index contributed by atoms with van der Waals surface area (Å²) in [7, 11) is 0. The SMILES string of the molecule is O=C1CCCN1CCCNc1cc(N2CCCC2)ncn1. The van der Waals surface area contributed by atoms with Gasteiger partial charge < -0.3 is 15.1 Å². The zero-order valence-electron chi connectivity index (χ0n) is 12.4. The minimum Gasteiger partial charge on any atom is -0.370 e. The number of anilines is 2. The third kappa shape index (κ3) is 3.62. The lowest BCUT2D eigenvalue weighted by Gasteiger charge is -2.17. The lowest BCUT2D eigenvalue weighted by molar-refractivity contribution is -0.127. The molecule has 2 saturated heterocycles. The molecule has 6 nitrogen and oxygen atoms in total. The number of nitrogens with one attached hydrogen (secondary N) is 1. The number of nitrogens with zero attached hydrogens (tertiary/aromatic N) is 4. The fourth-order valence-electron chi connectivity index (χ4n) is 2.99. The van der Waals surface area contributed by atoms with E-state index in [1.54, 1.807) is 6.33 Å². The molecule has 0 saturated carbocycles. The van der Waals surface area contributed by atoms with Crippen LogP contribution in [0, 0.1) is 0 Å². The second kappa shape index (κ2) is 6.74. The summed E-state index contributed by atoms with van der Waals surface area (Å²) in [6.07, 6.45) is 6.80. The summed E-state index contributed by atoms with van der Waals surface area (Å²) in [5.74, 6) is 2.19. The average Bonchev–Trinajstić information content (AvgIpc) is 3.16. The molecule has 3 heterocycles. The van der Waals surface area contributed by atoms with Crippen molar-refractivity contribution >= 4 is 17.5 Å². The quantitative estimate of drug-likeness (QED) is 0.804. The number of rotatable bonds is 6. The van der Waals surface area contributed by atoms with Gasteiger partial charge in [-0.15, -0.1) is 0 Å². The second-order valence-corrected chi connectivity index (χ2v) is 5.72. The standard InChI is InChI=1S/C15H23N5O/c21-15-5-3-9-20(15)10-4-6-16-13-11-14(18-12-17-13)19-7-1-2-8-19/h11-12H,1-10H2,(H,16,17,18). The van der Waals surface area contributed by atoms with E-state index in [4.69, 9.17) is 0 Å². The van der Waals surface area contributed by atoms with Gasteiger partial charge in [0, 0.05) is 45.2 Å². The fraction of sp³-hybridized carbons (Fsp3) is 0.667. The highest BCUT2D eigenvalue weighted by molar-refractivity contribution is 5.78. The summed E-state index contributed by atoms with van der Waals surface area (Å²) in [6.45, 7) is 4.78. The van der Waals surface area contributed by atoms with Crippen LogP contribution in [0.4, 0.5) is 11.6 Å². The lowest BCUT2D eigenvalue weighted by atomic mass is 10.3. The lowest BCUT2D eigenvalue weighted by Crippen LogP contribution is -2.27. The first-order valence-corrected chi connectivity index (χ1v) is 7.91. The number of aromatic nitrogens is 2. The Morgan fingerprint density at radius 2 is 2.00 bits per heavy atom. The molecule has 2 aliphatic rings. The molecule has 0 atom stereocenters. The molecular weight excluding hydrogens is 266 g/mol. The van der Waals surface area contributed by atoms with Crippen molar-refractivity contribution in [3.8, 4) is 0 Å². The highest BCUT2D eigenvalue weighted by atomic mass is 16.2. The van der Waals surface area contributed by atoms with E-state index in [-0.39, 0.29) is 0 Å². The smallest absolute Gasteiger partial charge is 0.222 e. The van der Waals surface area contributed by atoms with Crippen LogP contribution in [0.3, 0.4) is 0 Å². The van der Waals surface area contributed by atoms with Crippen LogP contribution in [0.2, 0.25) is 0 Å². The Hall–Kier alpha value is -1.85. The van der Waals surface area contributed by atoms with Crippen molar-refractivity contribution in [2.45, 2.75) is 32.1 Å². The largest absolute Gasteiger partial charge is 0.370 e. The number of carbonyl (C=O) groups excluding carboxylic acids is 1. The number of likely N-dealkylation sites (tertiary alicyclic amines) is 1. The van der Waals surface area contributed by atoms with E-state index in [0.29, 0.717) is 5.91 Å². The number of carbonyl (C=O) groups is 1. The van der Waals surface area contributed by atoms with Crippen LogP contribution in [0.15, 0.2) is 12.4 Å². The van der Waals surface area contributed by atoms with Crippen LogP contribution in [-0.2, 0) is 4.79 Å². The molecule has 2 fully saturated rings. The summed E-state index contributed by atoms with van der Waals surface area (Å²) < 4.78 is 0. The third-order valence-corrected chi connectivity index (χ3v) is 4.17. The van der Waals surface area contributed by atoms with Crippen LogP contribution < -0.4 is 10.2 Å². The van der Waals surface area contributed by atoms with Crippen molar-refractivity contribution in [3.05, 3.63) is 12.4 Å². The molecule has 3 rings (SSSR count). The highest BCUT2D eigenvalue weighted by Gasteiger charge is 2.19. The molecule has 1 aromatic rings. The maximum Gasteiger partial charge on any atom is 0.222 e. The monoisotopic (exact) mass is 289 g/mol. The van der Waals surface area contributed by atoms with Gasteiger partial charge in [-0.25, -0.2) is 9.97 Å². The van der Waals surface area contributed by atoms with Gasteiger partial charge in [0.2, 0.25) is 5.91 Å². The first kappa shape index (κ1) is 14.1. The van der Waals surface area contributed by atoms with E-state index < -0.39 is 0 Å². The predicted molar refractivity (Wildman–Crippen MR) is 82.4 cm³/mol. The summed E-state index contributed by atoms with van der Waals surface area (Å²) in [5.41, 5.74) is 0. The predicted octanol–water partition coefficient (Wildman–Crippen LogP) is 1.50. The maximum atomic E-state index is 11.5. The van der Waals surface area contributed by atoms with E-state index >= 15 is 0 Å². The summed E-state index contributed by atoms with van der Waals surface area (Å²) >= 11 is 0. The van der Waals surface area contributed by atoms with Gasteiger partial charge in [-0.3, -0.25) is 4.79 Å². The van der Waals surface area contributed by atoms with Gasteiger partial charge >= 0.3 is 0 Å². The number of hydrogen-bond donors (Lipinski definition) is 1. The van der Waals surface area contributed by atoms with Gasteiger partial charge in [0.15, 0.2) is 0 Å². The van der Waals surface area contributed by atoms with Crippen molar-refractivity contribution < 1.29 is 4.79 Å². The molecular formula is C15H23N5O. The van der Waals surface area contributed by atoms with Gasteiger partial charge in [0.05, 0.1) is 0 Å². The minimum absolute atomic E-state index is 0.299. The Morgan fingerprint density at radius 1 is 1.14 bits per heavy atom. The zero-order valence-corrected chi connectivity index (χ0v) is 12.4. The van der Waals surface area contributed by atoms with Crippen molar-refractivity contribution in [3.63, 3.8) is 0 Å². The van der Waals surface area contributed by atoms with Gasteiger partial charge in [0.25, 0.3) is 0 Å². The summed E-state index contributed by atoms with van der Waals surface area (Å²) in [6, 6.07) is 2.02. The van der Waals surface area contributed by atoms with Crippen LogP contribution in [0.25, 0.3) is 0 Å².